The van der Waals surface area contributed by atoms with Gasteiger partial charge in [-0.05, 0) is 43.9 Å². The number of benzene rings is 1. The molecule has 3 rings (SSSR count). The van der Waals surface area contributed by atoms with Crippen LogP contribution < -0.4 is 5.32 Å². The van der Waals surface area contributed by atoms with Crippen LogP contribution in [0.25, 0.3) is 5.69 Å². The molecule has 2 aromatic rings. The van der Waals surface area contributed by atoms with Crippen LogP contribution in [0.2, 0.25) is 5.02 Å². The van der Waals surface area contributed by atoms with E-state index >= 15 is 0 Å². The van der Waals surface area contributed by atoms with Gasteiger partial charge in [-0.1, -0.05) is 30.5 Å². The molecule has 1 N–H and O–H groups in total. The largest absolute Gasteiger partial charge is 0.381 e. The van der Waals surface area contributed by atoms with Crippen LogP contribution in [-0.4, -0.2) is 15.8 Å². The molecule has 1 unspecified atom stereocenters. The lowest BCUT2D eigenvalue weighted by atomic mass is 9.99. The van der Waals surface area contributed by atoms with Crippen molar-refractivity contribution < 1.29 is 0 Å². The van der Waals surface area contributed by atoms with Gasteiger partial charge in [-0.2, -0.15) is 5.10 Å². The minimum atomic E-state index is 0.463. The summed E-state index contributed by atoms with van der Waals surface area (Å²) in [5.74, 6) is 0.763. The van der Waals surface area contributed by atoms with Crippen LogP contribution in [0.15, 0.2) is 36.7 Å². The topological polar surface area (TPSA) is 29.9 Å². The summed E-state index contributed by atoms with van der Waals surface area (Å²) >= 11 is 6.36. The van der Waals surface area contributed by atoms with Crippen LogP contribution in [0.3, 0.4) is 0 Å². The lowest BCUT2D eigenvalue weighted by Crippen LogP contribution is -2.24. The first-order valence-corrected chi connectivity index (χ1v) is 7.68. The summed E-state index contributed by atoms with van der Waals surface area (Å²) in [6.45, 7) is 2.27. The van der Waals surface area contributed by atoms with Crippen molar-refractivity contribution in [3.63, 3.8) is 0 Å². The molecular formula is C16H20ClN3. The zero-order valence-corrected chi connectivity index (χ0v) is 12.5. The maximum atomic E-state index is 6.36. The van der Waals surface area contributed by atoms with E-state index in [1.165, 1.54) is 25.7 Å². The second-order valence-corrected chi connectivity index (χ2v) is 5.97. The van der Waals surface area contributed by atoms with Crippen molar-refractivity contribution in [2.45, 2.75) is 38.6 Å². The summed E-state index contributed by atoms with van der Waals surface area (Å²) in [6.07, 6.45) is 9.06. The quantitative estimate of drug-likeness (QED) is 0.897. The van der Waals surface area contributed by atoms with Crippen molar-refractivity contribution in [2.75, 3.05) is 5.32 Å². The van der Waals surface area contributed by atoms with Gasteiger partial charge >= 0.3 is 0 Å². The molecule has 1 atom stereocenters. The number of hydrogen-bond donors (Lipinski definition) is 1. The van der Waals surface area contributed by atoms with Crippen LogP contribution in [0, 0.1) is 5.92 Å². The number of nitrogens with one attached hydrogen (secondary N) is 1. The van der Waals surface area contributed by atoms with E-state index in [-0.39, 0.29) is 0 Å². The Labute approximate surface area is 124 Å². The van der Waals surface area contributed by atoms with E-state index in [1.54, 1.807) is 6.20 Å². The third-order valence-electron chi connectivity index (χ3n) is 4.21. The Morgan fingerprint density at radius 3 is 2.80 bits per heavy atom. The molecule has 3 nitrogen and oxygen atoms in total. The standard InChI is InChI=1S/C16H20ClN3/c1-12(13-6-2-3-7-13)19-15-9-4-8-14(17)16(15)20-11-5-10-18-20/h4-5,8-13,19H,2-3,6-7H2,1H3. The molecule has 4 heteroatoms. The van der Waals surface area contributed by atoms with Gasteiger partial charge in [0, 0.05) is 18.4 Å². The predicted octanol–water partition coefficient (Wildman–Crippen LogP) is 4.52. The lowest BCUT2D eigenvalue weighted by molar-refractivity contribution is 0.482. The molecule has 1 aromatic heterocycles. The molecule has 0 aliphatic heterocycles. The second-order valence-electron chi connectivity index (χ2n) is 5.56. The fourth-order valence-electron chi connectivity index (χ4n) is 3.09. The van der Waals surface area contributed by atoms with Crippen LogP contribution in [0.5, 0.6) is 0 Å². The van der Waals surface area contributed by atoms with Crippen LogP contribution >= 0.6 is 11.6 Å². The summed E-state index contributed by atoms with van der Waals surface area (Å²) in [6, 6.07) is 8.34. The highest BCUT2D eigenvalue weighted by atomic mass is 35.5. The molecule has 1 heterocycles. The number of hydrogen-bond acceptors (Lipinski definition) is 2. The lowest BCUT2D eigenvalue weighted by Gasteiger charge is -2.23. The number of para-hydroxylation sites is 1. The summed E-state index contributed by atoms with van der Waals surface area (Å²) in [7, 11) is 0. The SMILES string of the molecule is CC(Nc1cccc(Cl)c1-n1cccn1)C1CCCC1. The highest BCUT2D eigenvalue weighted by Gasteiger charge is 2.22. The molecule has 1 aromatic carbocycles. The Bertz CT molecular complexity index is 559. The molecule has 0 amide bonds. The molecule has 1 saturated carbocycles. The average Bonchev–Trinajstić information content (AvgIpc) is 3.12. The van der Waals surface area contributed by atoms with Crippen molar-refractivity contribution in [1.82, 2.24) is 9.78 Å². The van der Waals surface area contributed by atoms with E-state index in [0.717, 1.165) is 22.3 Å². The highest BCUT2D eigenvalue weighted by molar-refractivity contribution is 6.33. The van der Waals surface area contributed by atoms with E-state index in [1.807, 2.05) is 29.1 Å². The van der Waals surface area contributed by atoms with Gasteiger partial charge in [-0.15, -0.1) is 0 Å². The van der Waals surface area contributed by atoms with E-state index < -0.39 is 0 Å². The zero-order chi connectivity index (χ0) is 13.9. The number of anilines is 1. The van der Waals surface area contributed by atoms with Gasteiger partial charge < -0.3 is 5.32 Å². The van der Waals surface area contributed by atoms with Crippen molar-refractivity contribution in [3.8, 4) is 5.69 Å². The van der Waals surface area contributed by atoms with Gasteiger partial charge in [-0.3, -0.25) is 0 Å². The van der Waals surface area contributed by atoms with Gasteiger partial charge in [0.2, 0.25) is 0 Å². The van der Waals surface area contributed by atoms with Gasteiger partial charge in [0.05, 0.1) is 10.7 Å². The molecule has 1 aliphatic carbocycles. The van der Waals surface area contributed by atoms with Crippen LogP contribution in [0.4, 0.5) is 5.69 Å². The molecule has 1 aliphatic rings. The minimum Gasteiger partial charge on any atom is -0.381 e. The maximum Gasteiger partial charge on any atom is 0.106 e. The monoisotopic (exact) mass is 289 g/mol. The number of aromatic nitrogens is 2. The second kappa shape index (κ2) is 5.88. The Balaban J connectivity index is 1.87. The Hall–Kier alpha value is -1.48. The van der Waals surface area contributed by atoms with E-state index in [0.29, 0.717) is 6.04 Å². The van der Waals surface area contributed by atoms with Crippen molar-refractivity contribution in [3.05, 3.63) is 41.7 Å². The van der Waals surface area contributed by atoms with Crippen LogP contribution in [-0.2, 0) is 0 Å². The van der Waals surface area contributed by atoms with Gasteiger partial charge in [0.25, 0.3) is 0 Å². The van der Waals surface area contributed by atoms with E-state index in [2.05, 4.69) is 23.4 Å². The molecule has 0 saturated heterocycles. The van der Waals surface area contributed by atoms with Gasteiger partial charge in [-0.25, -0.2) is 4.68 Å². The van der Waals surface area contributed by atoms with Crippen molar-refractivity contribution in [1.29, 1.82) is 0 Å². The highest BCUT2D eigenvalue weighted by Crippen LogP contribution is 2.32. The first-order chi connectivity index (χ1) is 9.75. The van der Waals surface area contributed by atoms with Gasteiger partial charge in [0.1, 0.15) is 5.69 Å². The van der Waals surface area contributed by atoms with Crippen molar-refractivity contribution >= 4 is 17.3 Å². The normalized spacial score (nSPS) is 17.3. The summed E-state index contributed by atoms with van der Waals surface area (Å²) in [5, 5.41) is 8.66. The molecule has 0 radical (unpaired) electrons. The minimum absolute atomic E-state index is 0.463. The summed E-state index contributed by atoms with van der Waals surface area (Å²) in [5.41, 5.74) is 1.99. The first kappa shape index (κ1) is 13.5. The average molecular weight is 290 g/mol. The fraction of sp³-hybridized carbons (Fsp3) is 0.438. The Morgan fingerprint density at radius 1 is 1.30 bits per heavy atom. The molecule has 1 fully saturated rings. The molecule has 106 valence electrons. The third-order valence-corrected chi connectivity index (χ3v) is 4.52. The molecule has 0 spiro atoms. The summed E-state index contributed by atoms with van der Waals surface area (Å²) < 4.78 is 1.83. The molecular weight excluding hydrogens is 270 g/mol. The van der Waals surface area contributed by atoms with E-state index in [9.17, 15) is 0 Å². The maximum absolute atomic E-state index is 6.36. The van der Waals surface area contributed by atoms with Crippen LogP contribution in [0.1, 0.15) is 32.6 Å². The zero-order valence-electron chi connectivity index (χ0n) is 11.7. The fourth-order valence-corrected chi connectivity index (χ4v) is 3.35. The Kier molecular flexibility index (Phi) is 3.97. The molecule has 20 heavy (non-hydrogen) atoms. The van der Waals surface area contributed by atoms with E-state index in [4.69, 9.17) is 11.6 Å². The first-order valence-electron chi connectivity index (χ1n) is 7.31. The smallest absolute Gasteiger partial charge is 0.106 e. The Morgan fingerprint density at radius 2 is 2.10 bits per heavy atom. The number of nitrogens with zero attached hydrogens (tertiary/aromatic N) is 2. The predicted molar refractivity (Wildman–Crippen MR) is 83.6 cm³/mol. The van der Waals surface area contributed by atoms with Crippen molar-refractivity contribution in [2.24, 2.45) is 5.92 Å². The number of rotatable bonds is 4. The molecule has 0 bridgehead atoms. The number of halogens is 1. The third kappa shape index (κ3) is 2.68. The summed E-state index contributed by atoms with van der Waals surface area (Å²) in [4.78, 5) is 0. The van der Waals surface area contributed by atoms with Gasteiger partial charge in [0.15, 0.2) is 0 Å².